The van der Waals surface area contributed by atoms with Crippen molar-refractivity contribution in [2.24, 2.45) is 0 Å². The molecule has 1 atom stereocenters. The van der Waals surface area contributed by atoms with Gasteiger partial charge in [0, 0.05) is 41.9 Å². The number of Topliss-reactive ketones (excluding diaryl/α,β-unsaturated/α-hetero) is 1. The van der Waals surface area contributed by atoms with E-state index in [1.165, 1.54) is 17.3 Å². The summed E-state index contributed by atoms with van der Waals surface area (Å²) >= 11 is 1.43. The van der Waals surface area contributed by atoms with Crippen LogP contribution in [0.15, 0.2) is 53.9 Å². The van der Waals surface area contributed by atoms with Gasteiger partial charge in [0.25, 0.3) is 0 Å². The molecule has 0 unspecified atom stereocenters. The first-order valence-corrected chi connectivity index (χ1v) is 12.7. The minimum absolute atomic E-state index is 0.0365. The normalized spacial score (nSPS) is 18.0. The maximum absolute atomic E-state index is 12.9. The van der Waals surface area contributed by atoms with Crippen LogP contribution in [0.4, 0.5) is 0 Å². The number of hydrogen-bond acceptors (Lipinski definition) is 5. The Hall–Kier alpha value is -2.32. The van der Waals surface area contributed by atoms with Gasteiger partial charge >= 0.3 is 0 Å². The molecule has 1 fully saturated rings. The van der Waals surface area contributed by atoms with Gasteiger partial charge in [-0.3, -0.25) is 4.79 Å². The summed E-state index contributed by atoms with van der Waals surface area (Å²) in [5, 5.41) is 0.808. The number of nitrogens with zero attached hydrogens (tertiary/aromatic N) is 3. The Morgan fingerprint density at radius 2 is 2.00 bits per heavy atom. The van der Waals surface area contributed by atoms with Crippen LogP contribution in [-0.2, 0) is 16.4 Å². The third kappa shape index (κ3) is 4.39. The summed E-state index contributed by atoms with van der Waals surface area (Å²) in [5.41, 5.74) is 3.64. The highest BCUT2D eigenvalue weighted by atomic mass is 32.2. The summed E-state index contributed by atoms with van der Waals surface area (Å²) in [4.78, 5) is 17.4. The highest BCUT2D eigenvalue weighted by Crippen LogP contribution is 2.30. The van der Waals surface area contributed by atoms with Crippen molar-refractivity contribution in [2.75, 3.05) is 17.3 Å². The minimum Gasteiger partial charge on any atom is -0.344 e. The number of aryl methyl sites for hydroxylation is 1. The third-order valence-corrected chi connectivity index (χ3v) is 8.32. The zero-order chi connectivity index (χ0) is 21.3. The van der Waals surface area contributed by atoms with Crippen LogP contribution in [0.5, 0.6) is 0 Å². The van der Waals surface area contributed by atoms with Crippen molar-refractivity contribution in [1.82, 2.24) is 14.1 Å². The molecule has 8 heteroatoms. The largest absolute Gasteiger partial charge is 0.344 e. The molecular formula is C22H25N3O3S2. The average Bonchev–Trinajstić information content (AvgIpc) is 3.38. The molecule has 0 N–H and O–H groups in total. The number of carbonyl (C=O) groups excluding carboxylic acids is 1. The fourth-order valence-corrected chi connectivity index (χ4v) is 6.69. The third-order valence-electron chi connectivity index (χ3n) is 5.56. The van der Waals surface area contributed by atoms with E-state index in [4.69, 9.17) is 0 Å². The van der Waals surface area contributed by atoms with Crippen molar-refractivity contribution >= 4 is 27.4 Å². The highest BCUT2D eigenvalue weighted by Gasteiger charge is 2.31. The molecule has 0 saturated carbocycles. The molecule has 0 bridgehead atoms. The van der Waals surface area contributed by atoms with E-state index in [9.17, 15) is 13.2 Å². The lowest BCUT2D eigenvalue weighted by molar-refractivity contribution is 0.102. The first-order chi connectivity index (χ1) is 14.3. The van der Waals surface area contributed by atoms with Gasteiger partial charge in [-0.2, -0.15) is 0 Å². The van der Waals surface area contributed by atoms with E-state index < -0.39 is 9.84 Å². The molecule has 1 aliphatic rings. The number of hydrogen-bond donors (Lipinski definition) is 0. The van der Waals surface area contributed by atoms with Gasteiger partial charge in [-0.25, -0.2) is 13.4 Å². The minimum atomic E-state index is -2.98. The molecule has 1 aliphatic heterocycles. The van der Waals surface area contributed by atoms with Crippen LogP contribution in [0.2, 0.25) is 0 Å². The smallest absolute Gasteiger partial charge is 0.175 e. The summed E-state index contributed by atoms with van der Waals surface area (Å²) in [5.74, 6) is 0.703. The molecule has 1 saturated heterocycles. The monoisotopic (exact) mass is 443 g/mol. The maximum Gasteiger partial charge on any atom is 0.175 e. The standard InChI is InChI=1S/C22H25N3O3S2/c1-16-12-20(17(2)25(16)19-8-11-30(27,28)15-19)21(26)14-29-22-23-9-10-24(22)13-18-6-4-3-5-7-18/h3-7,9-10,12,19H,8,11,13-15H2,1-2H3/t19-/m0/s1. The van der Waals surface area contributed by atoms with Crippen LogP contribution in [0.3, 0.4) is 0 Å². The lowest BCUT2D eigenvalue weighted by Crippen LogP contribution is -2.14. The first kappa shape index (κ1) is 20.9. The number of benzene rings is 1. The summed E-state index contributed by atoms with van der Waals surface area (Å²) in [6.07, 6.45) is 4.28. The van der Waals surface area contributed by atoms with Gasteiger partial charge < -0.3 is 9.13 Å². The van der Waals surface area contributed by atoms with Crippen LogP contribution < -0.4 is 0 Å². The SMILES string of the molecule is Cc1cc(C(=O)CSc2nccn2Cc2ccccc2)c(C)n1[C@H]1CCS(=O)(=O)C1. The van der Waals surface area contributed by atoms with Crippen molar-refractivity contribution < 1.29 is 13.2 Å². The number of ketones is 1. The second-order valence-corrected chi connectivity index (χ2v) is 10.9. The van der Waals surface area contributed by atoms with Gasteiger partial charge in [-0.15, -0.1) is 0 Å². The predicted molar refractivity (Wildman–Crippen MR) is 119 cm³/mol. The number of rotatable bonds is 7. The fourth-order valence-electron chi connectivity index (χ4n) is 4.14. The van der Waals surface area contributed by atoms with E-state index in [1.54, 1.807) is 6.20 Å². The Morgan fingerprint density at radius 3 is 2.70 bits per heavy atom. The lowest BCUT2D eigenvalue weighted by atomic mass is 10.2. The summed E-state index contributed by atoms with van der Waals surface area (Å²) < 4.78 is 27.8. The molecule has 3 aromatic rings. The Morgan fingerprint density at radius 1 is 1.23 bits per heavy atom. The number of imidazole rings is 1. The van der Waals surface area contributed by atoms with E-state index in [1.807, 2.05) is 53.4 Å². The number of aromatic nitrogens is 3. The molecule has 0 spiro atoms. The van der Waals surface area contributed by atoms with Crippen LogP contribution in [-0.4, -0.2) is 45.6 Å². The molecule has 1 aromatic carbocycles. The van der Waals surface area contributed by atoms with Gasteiger partial charge in [0.05, 0.1) is 17.3 Å². The van der Waals surface area contributed by atoms with Crippen molar-refractivity contribution in [3.63, 3.8) is 0 Å². The molecule has 2 aromatic heterocycles. The van der Waals surface area contributed by atoms with Crippen molar-refractivity contribution in [2.45, 2.75) is 38.0 Å². The van der Waals surface area contributed by atoms with E-state index in [2.05, 4.69) is 17.1 Å². The zero-order valence-corrected chi connectivity index (χ0v) is 18.7. The van der Waals surface area contributed by atoms with Crippen LogP contribution >= 0.6 is 11.8 Å². The summed E-state index contributed by atoms with van der Waals surface area (Å²) in [6, 6.07) is 12.0. The molecule has 0 aliphatic carbocycles. The van der Waals surface area contributed by atoms with Crippen LogP contribution in [0, 0.1) is 13.8 Å². The fraction of sp³-hybridized carbons (Fsp3) is 0.364. The molecule has 6 nitrogen and oxygen atoms in total. The molecule has 0 amide bonds. The first-order valence-electron chi connectivity index (χ1n) is 9.94. The van der Waals surface area contributed by atoms with E-state index in [0.29, 0.717) is 24.3 Å². The molecular weight excluding hydrogens is 418 g/mol. The zero-order valence-electron chi connectivity index (χ0n) is 17.1. The second kappa shape index (κ2) is 8.43. The summed E-state index contributed by atoms with van der Waals surface area (Å²) in [6.45, 7) is 4.56. The van der Waals surface area contributed by atoms with Gasteiger partial charge in [0.15, 0.2) is 20.8 Å². The van der Waals surface area contributed by atoms with Gasteiger partial charge in [0.2, 0.25) is 0 Å². The van der Waals surface area contributed by atoms with Gasteiger partial charge in [-0.05, 0) is 31.9 Å². The molecule has 30 heavy (non-hydrogen) atoms. The molecule has 4 rings (SSSR count). The number of carbonyl (C=O) groups is 1. The average molecular weight is 444 g/mol. The van der Waals surface area contributed by atoms with Crippen LogP contribution in [0.25, 0.3) is 0 Å². The van der Waals surface area contributed by atoms with E-state index >= 15 is 0 Å². The molecule has 3 heterocycles. The summed E-state index contributed by atoms with van der Waals surface area (Å²) in [7, 11) is -2.98. The predicted octanol–water partition coefficient (Wildman–Crippen LogP) is 3.68. The Labute approximate surface area is 181 Å². The quantitative estimate of drug-likeness (QED) is 0.411. The topological polar surface area (TPSA) is 74.0 Å². The van der Waals surface area contributed by atoms with Crippen molar-refractivity contribution in [1.29, 1.82) is 0 Å². The van der Waals surface area contributed by atoms with Crippen molar-refractivity contribution in [3.8, 4) is 0 Å². The van der Waals surface area contributed by atoms with Crippen LogP contribution in [0.1, 0.15) is 39.8 Å². The molecule has 158 valence electrons. The lowest BCUT2D eigenvalue weighted by Gasteiger charge is -2.16. The Balaban J connectivity index is 1.46. The van der Waals surface area contributed by atoms with Crippen molar-refractivity contribution in [3.05, 3.63) is 71.3 Å². The van der Waals surface area contributed by atoms with Gasteiger partial charge in [-0.1, -0.05) is 42.1 Å². The number of sulfone groups is 1. The van der Waals surface area contributed by atoms with E-state index in [0.717, 1.165) is 16.5 Å². The Kier molecular flexibility index (Phi) is 5.88. The van der Waals surface area contributed by atoms with Gasteiger partial charge in [0.1, 0.15) is 0 Å². The van der Waals surface area contributed by atoms with E-state index in [-0.39, 0.29) is 23.3 Å². The highest BCUT2D eigenvalue weighted by molar-refractivity contribution is 7.99. The second-order valence-electron chi connectivity index (χ2n) is 7.75. The Bertz CT molecular complexity index is 1160. The molecule has 0 radical (unpaired) electrons. The maximum atomic E-state index is 12.9. The number of thioether (sulfide) groups is 1.